The first-order valence-corrected chi connectivity index (χ1v) is 4.97. The van der Waals surface area contributed by atoms with Gasteiger partial charge in [0.1, 0.15) is 5.69 Å². The van der Waals surface area contributed by atoms with Crippen molar-refractivity contribution in [2.45, 2.75) is 13.8 Å². The minimum atomic E-state index is 0.457. The highest BCUT2D eigenvalue weighted by atomic mass is 35.5. The molecule has 0 aliphatic carbocycles. The maximum atomic E-state index is 5.89. The third-order valence-electron chi connectivity index (χ3n) is 2.53. The molecule has 0 saturated heterocycles. The van der Waals surface area contributed by atoms with E-state index in [0.717, 1.165) is 22.5 Å². The first-order chi connectivity index (χ1) is 7.11. The van der Waals surface area contributed by atoms with Crippen molar-refractivity contribution in [3.8, 4) is 11.4 Å². The minimum Gasteiger partial charge on any atom is -0.266 e. The van der Waals surface area contributed by atoms with Crippen molar-refractivity contribution in [1.29, 1.82) is 0 Å². The largest absolute Gasteiger partial charge is 0.266 e. The molecule has 0 N–H and O–H groups in total. The van der Waals surface area contributed by atoms with Gasteiger partial charge in [-0.3, -0.25) is 4.68 Å². The van der Waals surface area contributed by atoms with Gasteiger partial charge >= 0.3 is 0 Å². The van der Waals surface area contributed by atoms with E-state index in [1.165, 1.54) is 0 Å². The van der Waals surface area contributed by atoms with Crippen LogP contribution in [0.15, 0.2) is 12.3 Å². The van der Waals surface area contributed by atoms with Crippen LogP contribution < -0.4 is 0 Å². The van der Waals surface area contributed by atoms with Gasteiger partial charge in [-0.2, -0.15) is 5.10 Å². The van der Waals surface area contributed by atoms with E-state index in [9.17, 15) is 0 Å². The molecule has 0 bridgehead atoms. The fraction of sp³-hybridized carbons (Fsp3) is 0.300. The van der Waals surface area contributed by atoms with E-state index in [1.54, 1.807) is 10.9 Å². The van der Waals surface area contributed by atoms with E-state index in [-0.39, 0.29) is 0 Å². The van der Waals surface area contributed by atoms with E-state index >= 15 is 0 Å². The molecule has 0 saturated carbocycles. The van der Waals surface area contributed by atoms with Gasteiger partial charge in [-0.05, 0) is 31.0 Å². The molecule has 0 fully saturated rings. The summed E-state index contributed by atoms with van der Waals surface area (Å²) in [6.07, 6.45) is 1.74. The smallest absolute Gasteiger partial charge is 0.154 e. The molecule has 0 radical (unpaired) electrons. The first-order valence-electron chi connectivity index (χ1n) is 4.59. The lowest BCUT2D eigenvalue weighted by Crippen LogP contribution is -2.01. The van der Waals surface area contributed by atoms with Crippen molar-refractivity contribution in [3.63, 3.8) is 0 Å². The molecule has 0 unspecified atom stereocenters. The van der Waals surface area contributed by atoms with Crippen LogP contribution in [0.5, 0.6) is 0 Å². The van der Waals surface area contributed by atoms with Crippen molar-refractivity contribution in [1.82, 2.24) is 20.0 Å². The molecule has 2 rings (SSSR count). The molecule has 4 nitrogen and oxygen atoms in total. The molecule has 15 heavy (non-hydrogen) atoms. The summed E-state index contributed by atoms with van der Waals surface area (Å²) < 4.78 is 1.77. The lowest BCUT2D eigenvalue weighted by Gasteiger charge is -2.07. The Morgan fingerprint density at radius 1 is 1.20 bits per heavy atom. The average Bonchev–Trinajstić information content (AvgIpc) is 2.62. The van der Waals surface area contributed by atoms with Crippen molar-refractivity contribution >= 4 is 11.6 Å². The Hall–Kier alpha value is -1.42. The summed E-state index contributed by atoms with van der Waals surface area (Å²) >= 11 is 5.89. The van der Waals surface area contributed by atoms with E-state index in [0.29, 0.717) is 5.15 Å². The summed E-state index contributed by atoms with van der Waals surface area (Å²) in [5, 5.41) is 12.6. The average molecular weight is 223 g/mol. The summed E-state index contributed by atoms with van der Waals surface area (Å²) in [7, 11) is 1.88. The molecule has 2 heterocycles. The number of aryl methyl sites for hydroxylation is 1. The van der Waals surface area contributed by atoms with Gasteiger partial charge in [0.15, 0.2) is 5.15 Å². The van der Waals surface area contributed by atoms with Crippen molar-refractivity contribution < 1.29 is 0 Å². The molecule has 0 spiro atoms. The SMILES string of the molecule is Cc1c(Cl)nnc(-c2ccnn2C)c1C. The predicted molar refractivity (Wildman–Crippen MR) is 58.7 cm³/mol. The molecule has 0 atom stereocenters. The second kappa shape index (κ2) is 3.62. The number of rotatable bonds is 1. The molecule has 5 heteroatoms. The second-order valence-corrected chi connectivity index (χ2v) is 3.79. The first kappa shape index (κ1) is 10.1. The van der Waals surface area contributed by atoms with Crippen LogP contribution in [0.25, 0.3) is 11.4 Å². The Morgan fingerprint density at radius 3 is 2.53 bits per heavy atom. The Kier molecular flexibility index (Phi) is 2.44. The quantitative estimate of drug-likeness (QED) is 0.743. The molecule has 0 aromatic carbocycles. The van der Waals surface area contributed by atoms with Crippen LogP contribution in [0.3, 0.4) is 0 Å². The van der Waals surface area contributed by atoms with Crippen molar-refractivity contribution in [3.05, 3.63) is 28.5 Å². The van der Waals surface area contributed by atoms with E-state index in [2.05, 4.69) is 15.3 Å². The molecule has 78 valence electrons. The number of nitrogens with zero attached hydrogens (tertiary/aromatic N) is 4. The van der Waals surface area contributed by atoms with E-state index in [1.807, 2.05) is 27.0 Å². The zero-order valence-corrected chi connectivity index (χ0v) is 9.58. The zero-order valence-electron chi connectivity index (χ0n) is 8.82. The third kappa shape index (κ3) is 1.61. The number of halogens is 1. The van der Waals surface area contributed by atoms with Crippen LogP contribution in [0.2, 0.25) is 5.15 Å². The summed E-state index contributed by atoms with van der Waals surface area (Å²) in [6, 6.07) is 1.91. The molecular formula is C10H11ClN4. The van der Waals surface area contributed by atoms with Crippen LogP contribution >= 0.6 is 11.6 Å². The Labute approximate surface area is 92.9 Å². The fourth-order valence-electron chi connectivity index (χ4n) is 1.43. The molecule has 0 amide bonds. The van der Waals surface area contributed by atoms with Crippen molar-refractivity contribution in [2.24, 2.45) is 7.05 Å². The molecule has 0 aliphatic rings. The normalized spacial score (nSPS) is 10.7. The highest BCUT2D eigenvalue weighted by Crippen LogP contribution is 2.24. The van der Waals surface area contributed by atoms with Gasteiger partial charge in [-0.1, -0.05) is 11.6 Å². The van der Waals surface area contributed by atoms with Crippen LogP contribution in [-0.4, -0.2) is 20.0 Å². The summed E-state index contributed by atoms with van der Waals surface area (Å²) in [4.78, 5) is 0. The number of hydrogen-bond acceptors (Lipinski definition) is 3. The molecule has 2 aromatic heterocycles. The molecule has 2 aromatic rings. The summed E-state index contributed by atoms with van der Waals surface area (Å²) in [5.74, 6) is 0. The van der Waals surface area contributed by atoms with Crippen LogP contribution in [0.1, 0.15) is 11.1 Å². The zero-order chi connectivity index (χ0) is 11.0. The monoisotopic (exact) mass is 222 g/mol. The molecule has 0 aliphatic heterocycles. The third-order valence-corrected chi connectivity index (χ3v) is 2.89. The standard InChI is InChI=1S/C10H11ClN4/c1-6-7(2)10(11)14-13-9(6)8-4-5-12-15(8)3/h4-5H,1-3H3. The fourth-order valence-corrected chi connectivity index (χ4v) is 1.61. The van der Waals surface area contributed by atoms with Gasteiger partial charge in [0.05, 0.1) is 5.69 Å². The highest BCUT2D eigenvalue weighted by Gasteiger charge is 2.12. The Bertz CT molecular complexity index is 504. The van der Waals surface area contributed by atoms with Gasteiger partial charge in [0.2, 0.25) is 0 Å². The Balaban J connectivity index is 2.65. The Morgan fingerprint density at radius 2 is 1.93 bits per heavy atom. The highest BCUT2D eigenvalue weighted by molar-refractivity contribution is 6.30. The van der Waals surface area contributed by atoms with Crippen LogP contribution in [0.4, 0.5) is 0 Å². The van der Waals surface area contributed by atoms with E-state index in [4.69, 9.17) is 11.6 Å². The van der Waals surface area contributed by atoms with Gasteiger partial charge in [0, 0.05) is 13.2 Å². The number of aromatic nitrogens is 4. The van der Waals surface area contributed by atoms with E-state index < -0.39 is 0 Å². The second-order valence-electron chi connectivity index (χ2n) is 3.43. The molecular weight excluding hydrogens is 212 g/mol. The predicted octanol–water partition coefficient (Wildman–Crippen LogP) is 2.15. The van der Waals surface area contributed by atoms with Crippen molar-refractivity contribution in [2.75, 3.05) is 0 Å². The lowest BCUT2D eigenvalue weighted by atomic mass is 10.1. The lowest BCUT2D eigenvalue weighted by molar-refractivity contribution is 0.769. The van der Waals surface area contributed by atoms with Gasteiger partial charge in [-0.25, -0.2) is 0 Å². The summed E-state index contributed by atoms with van der Waals surface area (Å²) in [6.45, 7) is 3.92. The van der Waals surface area contributed by atoms with Crippen LogP contribution in [0, 0.1) is 13.8 Å². The van der Waals surface area contributed by atoms with Gasteiger partial charge in [-0.15, -0.1) is 10.2 Å². The maximum Gasteiger partial charge on any atom is 0.154 e. The summed E-state index contributed by atoms with van der Waals surface area (Å²) in [5.41, 5.74) is 3.78. The minimum absolute atomic E-state index is 0.457. The topological polar surface area (TPSA) is 43.6 Å². The van der Waals surface area contributed by atoms with Gasteiger partial charge < -0.3 is 0 Å². The van der Waals surface area contributed by atoms with Gasteiger partial charge in [0.25, 0.3) is 0 Å². The van der Waals surface area contributed by atoms with Crippen LogP contribution in [-0.2, 0) is 7.05 Å². The number of hydrogen-bond donors (Lipinski definition) is 0. The maximum absolute atomic E-state index is 5.89.